The summed E-state index contributed by atoms with van der Waals surface area (Å²) in [6.45, 7) is 4.09. The highest BCUT2D eigenvalue weighted by atomic mass is 15.0. The Kier molecular flexibility index (Phi) is 1.57. The summed E-state index contributed by atoms with van der Waals surface area (Å²) >= 11 is 0. The number of fused-ring (bicyclic) bond motifs is 1. The number of nitrogens with one attached hydrogen (secondary N) is 1. The smallest absolute Gasteiger partial charge is 0.157 e. The van der Waals surface area contributed by atoms with Crippen molar-refractivity contribution in [2.24, 2.45) is 0 Å². The van der Waals surface area contributed by atoms with Crippen molar-refractivity contribution in [1.82, 2.24) is 15.0 Å². The Hall–Kier alpha value is -1.38. The van der Waals surface area contributed by atoms with Gasteiger partial charge < -0.3 is 4.98 Å². The molecule has 62 valence electrons. The molecule has 0 unspecified atom stereocenters. The van der Waals surface area contributed by atoms with Crippen LogP contribution in [0.15, 0.2) is 12.3 Å². The van der Waals surface area contributed by atoms with E-state index in [1.165, 1.54) is 0 Å². The Morgan fingerprint density at radius 1 is 1.50 bits per heavy atom. The van der Waals surface area contributed by atoms with E-state index >= 15 is 0 Å². The number of aryl methyl sites for hydroxylation is 2. The lowest BCUT2D eigenvalue weighted by Gasteiger charge is -1.88. The van der Waals surface area contributed by atoms with Crippen LogP contribution in [0.3, 0.4) is 0 Å². The Labute approximate surface area is 70.9 Å². The van der Waals surface area contributed by atoms with Crippen molar-refractivity contribution in [3.63, 3.8) is 0 Å². The second kappa shape index (κ2) is 2.59. The van der Waals surface area contributed by atoms with Gasteiger partial charge in [-0.15, -0.1) is 0 Å². The van der Waals surface area contributed by atoms with Crippen LogP contribution in [-0.4, -0.2) is 15.0 Å². The average molecular weight is 161 g/mol. The molecule has 2 rings (SSSR count). The number of aromatic nitrogens is 3. The van der Waals surface area contributed by atoms with E-state index in [9.17, 15) is 0 Å². The number of imidazole rings is 1. The van der Waals surface area contributed by atoms with E-state index in [1.54, 1.807) is 0 Å². The van der Waals surface area contributed by atoms with Crippen LogP contribution in [-0.2, 0) is 6.42 Å². The standard InChI is InChI=1S/C9H11N3/c1-3-8-11-7-4-6(2)5-10-9(7)12-8/h4-5H,3H2,1-2H3,(H,10,11,12). The molecule has 0 aliphatic carbocycles. The highest BCUT2D eigenvalue weighted by molar-refractivity contribution is 5.70. The second-order valence-electron chi connectivity index (χ2n) is 2.92. The quantitative estimate of drug-likeness (QED) is 0.693. The molecule has 0 saturated carbocycles. The van der Waals surface area contributed by atoms with Crippen LogP contribution >= 0.6 is 0 Å². The Morgan fingerprint density at radius 2 is 2.33 bits per heavy atom. The Morgan fingerprint density at radius 3 is 3.08 bits per heavy atom. The summed E-state index contributed by atoms with van der Waals surface area (Å²) < 4.78 is 0. The van der Waals surface area contributed by atoms with E-state index in [4.69, 9.17) is 0 Å². The van der Waals surface area contributed by atoms with Crippen LogP contribution in [0.4, 0.5) is 0 Å². The third-order valence-electron chi connectivity index (χ3n) is 1.86. The Bertz CT molecular complexity index is 403. The number of hydrogen-bond acceptors (Lipinski definition) is 2. The zero-order valence-corrected chi connectivity index (χ0v) is 7.26. The minimum atomic E-state index is 0.887. The summed E-state index contributed by atoms with van der Waals surface area (Å²) in [6, 6.07) is 2.04. The van der Waals surface area contributed by atoms with E-state index < -0.39 is 0 Å². The van der Waals surface area contributed by atoms with Crippen molar-refractivity contribution < 1.29 is 0 Å². The highest BCUT2D eigenvalue weighted by Crippen LogP contribution is 2.09. The van der Waals surface area contributed by atoms with Gasteiger partial charge in [0, 0.05) is 12.6 Å². The van der Waals surface area contributed by atoms with Crippen LogP contribution in [0.25, 0.3) is 11.2 Å². The molecule has 3 nitrogen and oxygen atoms in total. The summed E-state index contributed by atoms with van der Waals surface area (Å²) in [7, 11) is 0. The SMILES string of the molecule is CCc1nc2cc(C)cnc2[nH]1. The summed E-state index contributed by atoms with van der Waals surface area (Å²) in [5.74, 6) is 1.00. The summed E-state index contributed by atoms with van der Waals surface area (Å²) in [4.78, 5) is 11.8. The number of rotatable bonds is 1. The molecule has 0 spiro atoms. The maximum Gasteiger partial charge on any atom is 0.157 e. The maximum absolute atomic E-state index is 4.37. The van der Waals surface area contributed by atoms with Crippen molar-refractivity contribution in [1.29, 1.82) is 0 Å². The minimum Gasteiger partial charge on any atom is -0.327 e. The van der Waals surface area contributed by atoms with Gasteiger partial charge in [-0.2, -0.15) is 0 Å². The summed E-state index contributed by atoms with van der Waals surface area (Å²) in [5, 5.41) is 0. The zero-order valence-electron chi connectivity index (χ0n) is 7.26. The molecule has 1 N–H and O–H groups in total. The predicted octanol–water partition coefficient (Wildman–Crippen LogP) is 1.83. The third-order valence-corrected chi connectivity index (χ3v) is 1.86. The molecule has 12 heavy (non-hydrogen) atoms. The van der Waals surface area contributed by atoms with Gasteiger partial charge in [-0.25, -0.2) is 9.97 Å². The number of hydrogen-bond donors (Lipinski definition) is 1. The highest BCUT2D eigenvalue weighted by Gasteiger charge is 2.00. The molecule has 0 atom stereocenters. The first-order chi connectivity index (χ1) is 5.79. The molecule has 2 aromatic heterocycles. The molecule has 0 aliphatic heterocycles. The van der Waals surface area contributed by atoms with Gasteiger partial charge in [0.2, 0.25) is 0 Å². The molecule has 0 aromatic carbocycles. The van der Waals surface area contributed by atoms with Crippen molar-refractivity contribution in [3.05, 3.63) is 23.7 Å². The van der Waals surface area contributed by atoms with Gasteiger partial charge in [0.1, 0.15) is 11.3 Å². The Balaban J connectivity index is 2.67. The minimum absolute atomic E-state index is 0.887. The second-order valence-corrected chi connectivity index (χ2v) is 2.92. The van der Waals surface area contributed by atoms with Crippen LogP contribution in [0, 0.1) is 6.92 Å². The molecule has 0 amide bonds. The molecule has 0 radical (unpaired) electrons. The molecule has 0 fully saturated rings. The van der Waals surface area contributed by atoms with Gasteiger partial charge in [-0.05, 0) is 18.6 Å². The van der Waals surface area contributed by atoms with Crippen LogP contribution < -0.4 is 0 Å². The average Bonchev–Trinajstić information content (AvgIpc) is 2.46. The lowest BCUT2D eigenvalue weighted by atomic mass is 10.3. The largest absolute Gasteiger partial charge is 0.327 e. The predicted molar refractivity (Wildman–Crippen MR) is 48.0 cm³/mol. The number of aromatic amines is 1. The molecule has 3 heteroatoms. The van der Waals surface area contributed by atoms with Gasteiger partial charge in [-0.3, -0.25) is 0 Å². The van der Waals surface area contributed by atoms with Crippen LogP contribution in [0.2, 0.25) is 0 Å². The first-order valence-corrected chi connectivity index (χ1v) is 4.11. The lowest BCUT2D eigenvalue weighted by Crippen LogP contribution is -1.80. The van der Waals surface area contributed by atoms with Crippen LogP contribution in [0.1, 0.15) is 18.3 Å². The van der Waals surface area contributed by atoms with Crippen molar-refractivity contribution in [3.8, 4) is 0 Å². The number of H-pyrrole nitrogens is 1. The van der Waals surface area contributed by atoms with Crippen molar-refractivity contribution in [2.45, 2.75) is 20.3 Å². The number of pyridine rings is 1. The van der Waals surface area contributed by atoms with Gasteiger partial charge in [-0.1, -0.05) is 6.92 Å². The van der Waals surface area contributed by atoms with Crippen molar-refractivity contribution in [2.75, 3.05) is 0 Å². The number of nitrogens with zero attached hydrogens (tertiary/aromatic N) is 2. The van der Waals surface area contributed by atoms with E-state index in [2.05, 4.69) is 21.9 Å². The molecule has 2 heterocycles. The van der Waals surface area contributed by atoms with E-state index in [0.717, 1.165) is 29.0 Å². The molecule has 0 bridgehead atoms. The summed E-state index contributed by atoms with van der Waals surface area (Å²) in [6.07, 6.45) is 2.77. The lowest BCUT2D eigenvalue weighted by molar-refractivity contribution is 0.997. The topological polar surface area (TPSA) is 41.6 Å². The molecular formula is C9H11N3. The van der Waals surface area contributed by atoms with Gasteiger partial charge in [0.25, 0.3) is 0 Å². The van der Waals surface area contributed by atoms with Gasteiger partial charge >= 0.3 is 0 Å². The fourth-order valence-corrected chi connectivity index (χ4v) is 1.21. The molecular weight excluding hydrogens is 150 g/mol. The van der Waals surface area contributed by atoms with E-state index in [0.29, 0.717) is 0 Å². The molecule has 0 saturated heterocycles. The zero-order chi connectivity index (χ0) is 8.55. The fourth-order valence-electron chi connectivity index (χ4n) is 1.21. The van der Waals surface area contributed by atoms with Crippen molar-refractivity contribution >= 4 is 11.2 Å². The van der Waals surface area contributed by atoms with Gasteiger partial charge in [0.15, 0.2) is 5.65 Å². The van der Waals surface area contributed by atoms with E-state index in [-0.39, 0.29) is 0 Å². The normalized spacial score (nSPS) is 10.8. The third kappa shape index (κ3) is 1.07. The molecule has 0 aliphatic rings. The molecule has 2 aromatic rings. The van der Waals surface area contributed by atoms with E-state index in [1.807, 2.05) is 19.2 Å². The first kappa shape index (κ1) is 7.28. The van der Waals surface area contributed by atoms with Crippen LogP contribution in [0.5, 0.6) is 0 Å². The van der Waals surface area contributed by atoms with Gasteiger partial charge in [0.05, 0.1) is 0 Å². The summed E-state index contributed by atoms with van der Waals surface area (Å²) in [5.41, 5.74) is 3.00. The monoisotopic (exact) mass is 161 g/mol. The maximum atomic E-state index is 4.37. The fraction of sp³-hybridized carbons (Fsp3) is 0.333. The first-order valence-electron chi connectivity index (χ1n) is 4.11.